The van der Waals surface area contributed by atoms with Crippen LogP contribution in [-0.2, 0) is 20.3 Å². The molecule has 4 aromatic carbocycles. The summed E-state index contributed by atoms with van der Waals surface area (Å²) in [7, 11) is -4.09. The SMILES string of the molecule is CC(C)(C)c1cc(NC(=O)Nc2ccc(-c3cn4c(n3)sc3cc(OCCN5CCOCC5)ccc34)cc2)no1.O=S(=O)(O)c1ccc2ccccc2c1. The molecule has 7 aromatic rings. The zero-order chi connectivity index (χ0) is 37.9. The molecule has 280 valence electrons. The zero-order valence-corrected chi connectivity index (χ0v) is 31.6. The summed E-state index contributed by atoms with van der Waals surface area (Å²) in [6.45, 7) is 11.1. The number of morpholine rings is 1. The average molecular weight is 769 g/mol. The molecule has 0 spiro atoms. The van der Waals surface area contributed by atoms with Crippen LogP contribution in [0.1, 0.15) is 26.5 Å². The van der Waals surface area contributed by atoms with Crippen LogP contribution in [0.2, 0.25) is 0 Å². The Morgan fingerprint density at radius 2 is 1.70 bits per heavy atom. The molecule has 1 fully saturated rings. The van der Waals surface area contributed by atoms with Gasteiger partial charge in [0.1, 0.15) is 18.1 Å². The number of nitrogens with zero attached hydrogens (tertiary/aromatic N) is 4. The number of amides is 2. The van der Waals surface area contributed by atoms with E-state index in [0.29, 0.717) is 23.9 Å². The lowest BCUT2D eigenvalue weighted by atomic mass is 9.93. The lowest BCUT2D eigenvalue weighted by Crippen LogP contribution is -2.38. The number of urea groups is 1. The van der Waals surface area contributed by atoms with Crippen LogP contribution >= 0.6 is 11.3 Å². The van der Waals surface area contributed by atoms with Crippen LogP contribution in [-0.4, -0.2) is 77.9 Å². The van der Waals surface area contributed by atoms with E-state index in [-0.39, 0.29) is 16.3 Å². The van der Waals surface area contributed by atoms with E-state index in [4.69, 9.17) is 23.5 Å². The maximum absolute atomic E-state index is 12.4. The predicted octanol–water partition coefficient (Wildman–Crippen LogP) is 7.94. The standard InChI is InChI=1S/C29H32N6O4S.C10H8O3S/c1-29(2,3)25-17-26(33-39-25)32-27(36)30-20-6-4-19(5-7-20)22-18-35-23-9-8-21(16-24(23)40-28(35)31-22)38-15-12-34-10-13-37-14-11-34;11-14(12,13)10-6-5-8-3-1-2-4-9(8)7-10/h4-9,16-18H,10-15H2,1-3H3,(H2,30,32,33,36);1-7H,(H,11,12,13). The van der Waals surface area contributed by atoms with E-state index >= 15 is 0 Å². The van der Waals surface area contributed by atoms with Crippen molar-refractivity contribution in [1.29, 1.82) is 0 Å². The summed E-state index contributed by atoms with van der Waals surface area (Å²) in [5, 5.41) is 11.2. The normalized spacial score (nSPS) is 13.9. The second-order valence-electron chi connectivity index (χ2n) is 13.8. The Morgan fingerprint density at radius 3 is 2.43 bits per heavy atom. The fourth-order valence-electron chi connectivity index (χ4n) is 5.85. The minimum absolute atomic E-state index is 0.0730. The van der Waals surface area contributed by atoms with Crippen molar-refractivity contribution in [2.75, 3.05) is 50.1 Å². The highest BCUT2D eigenvalue weighted by Gasteiger charge is 2.20. The van der Waals surface area contributed by atoms with Gasteiger partial charge in [-0.2, -0.15) is 8.42 Å². The molecule has 54 heavy (non-hydrogen) atoms. The number of carbonyl (C=O) groups excluding carboxylic acids is 1. The first-order chi connectivity index (χ1) is 25.9. The van der Waals surface area contributed by atoms with Gasteiger partial charge in [-0.3, -0.25) is 19.2 Å². The van der Waals surface area contributed by atoms with E-state index in [1.165, 1.54) is 12.1 Å². The third-order valence-corrected chi connectivity index (χ3v) is 10.7. The quantitative estimate of drug-likeness (QED) is 0.130. The molecule has 8 rings (SSSR count). The molecule has 15 heteroatoms. The topological polar surface area (TPSA) is 161 Å². The van der Waals surface area contributed by atoms with E-state index < -0.39 is 10.1 Å². The van der Waals surface area contributed by atoms with Crippen LogP contribution < -0.4 is 15.4 Å². The van der Waals surface area contributed by atoms with Crippen LogP contribution in [0.15, 0.2) is 107 Å². The van der Waals surface area contributed by atoms with Gasteiger partial charge in [-0.1, -0.05) is 79.7 Å². The zero-order valence-electron chi connectivity index (χ0n) is 30.0. The van der Waals surface area contributed by atoms with Crippen molar-refractivity contribution in [3.8, 4) is 17.0 Å². The Kier molecular flexibility index (Phi) is 10.7. The first-order valence-electron chi connectivity index (χ1n) is 17.4. The summed E-state index contributed by atoms with van der Waals surface area (Å²) in [4.78, 5) is 20.5. The molecule has 0 aliphatic carbocycles. The summed E-state index contributed by atoms with van der Waals surface area (Å²) in [6, 6.07) is 27.0. The van der Waals surface area contributed by atoms with Crippen molar-refractivity contribution in [2.24, 2.45) is 0 Å². The minimum Gasteiger partial charge on any atom is -0.492 e. The Balaban J connectivity index is 0.000000269. The van der Waals surface area contributed by atoms with Crippen molar-refractivity contribution >= 4 is 64.9 Å². The van der Waals surface area contributed by atoms with Gasteiger partial charge in [-0.25, -0.2) is 9.78 Å². The molecule has 0 saturated carbocycles. The van der Waals surface area contributed by atoms with Crippen molar-refractivity contribution in [3.05, 3.63) is 103 Å². The van der Waals surface area contributed by atoms with Crippen LogP contribution in [0.5, 0.6) is 5.75 Å². The van der Waals surface area contributed by atoms with E-state index in [1.54, 1.807) is 29.5 Å². The molecule has 0 radical (unpaired) electrons. The van der Waals surface area contributed by atoms with Crippen LogP contribution in [0.25, 0.3) is 37.2 Å². The summed E-state index contributed by atoms with van der Waals surface area (Å²) < 4.78 is 50.5. The Labute approximate surface area is 316 Å². The molecule has 0 atom stereocenters. The van der Waals surface area contributed by atoms with E-state index in [9.17, 15) is 13.2 Å². The maximum atomic E-state index is 12.4. The summed E-state index contributed by atoms with van der Waals surface area (Å²) in [6.07, 6.45) is 2.04. The highest BCUT2D eigenvalue weighted by atomic mass is 32.2. The maximum Gasteiger partial charge on any atom is 0.324 e. The van der Waals surface area contributed by atoms with Crippen molar-refractivity contribution in [1.82, 2.24) is 19.4 Å². The number of aromatic nitrogens is 3. The lowest BCUT2D eigenvalue weighted by Gasteiger charge is -2.26. The van der Waals surface area contributed by atoms with Crippen molar-refractivity contribution in [2.45, 2.75) is 31.1 Å². The summed E-state index contributed by atoms with van der Waals surface area (Å²) >= 11 is 1.63. The van der Waals surface area contributed by atoms with Crippen LogP contribution in [0, 0.1) is 0 Å². The number of ether oxygens (including phenoxy) is 2. The predicted molar refractivity (Wildman–Crippen MR) is 210 cm³/mol. The molecular formula is C39H40N6O7S2. The number of fused-ring (bicyclic) bond motifs is 4. The summed E-state index contributed by atoms with van der Waals surface area (Å²) in [5.74, 6) is 1.94. The number of anilines is 2. The number of nitrogens with one attached hydrogen (secondary N) is 2. The van der Waals surface area contributed by atoms with E-state index in [2.05, 4.69) is 37.2 Å². The molecule has 1 aliphatic heterocycles. The molecule has 1 aliphatic rings. The van der Waals surface area contributed by atoms with Crippen LogP contribution in [0.4, 0.5) is 16.3 Å². The second-order valence-corrected chi connectivity index (χ2v) is 16.2. The van der Waals surface area contributed by atoms with Gasteiger partial charge in [-0.05, 0) is 53.2 Å². The average Bonchev–Trinajstić information content (AvgIpc) is 3.87. The molecule has 1 saturated heterocycles. The fraction of sp³-hybridized carbons (Fsp3) is 0.256. The van der Waals surface area contributed by atoms with Crippen molar-refractivity contribution in [3.63, 3.8) is 0 Å². The molecule has 13 nitrogen and oxygen atoms in total. The number of thiazole rings is 1. The fourth-order valence-corrected chi connectivity index (χ4v) is 7.40. The number of carbonyl (C=O) groups is 1. The number of imidazole rings is 1. The number of rotatable bonds is 8. The van der Waals surface area contributed by atoms with Gasteiger partial charge in [0.15, 0.2) is 10.8 Å². The van der Waals surface area contributed by atoms with Gasteiger partial charge in [0, 0.05) is 48.6 Å². The molecule has 2 amide bonds. The Hall–Kier alpha value is -5.32. The molecule has 0 unspecified atom stereocenters. The van der Waals surface area contributed by atoms with Crippen LogP contribution in [0.3, 0.4) is 0 Å². The molecule has 3 aromatic heterocycles. The number of hydrogen-bond acceptors (Lipinski definition) is 10. The highest BCUT2D eigenvalue weighted by Crippen LogP contribution is 2.32. The third-order valence-electron chi connectivity index (χ3n) is 8.79. The van der Waals surface area contributed by atoms with Gasteiger partial charge in [-0.15, -0.1) is 0 Å². The smallest absolute Gasteiger partial charge is 0.324 e. The third kappa shape index (κ3) is 8.89. The molecule has 3 N–H and O–H groups in total. The number of benzene rings is 4. The van der Waals surface area contributed by atoms with Crippen molar-refractivity contribution < 1.29 is 31.8 Å². The Bertz CT molecular complexity index is 2510. The van der Waals surface area contributed by atoms with Gasteiger partial charge in [0.25, 0.3) is 10.1 Å². The minimum atomic E-state index is -4.09. The van der Waals surface area contributed by atoms with Gasteiger partial charge < -0.3 is 19.3 Å². The van der Waals surface area contributed by atoms with Gasteiger partial charge in [0.05, 0.1) is 34.0 Å². The monoisotopic (exact) mass is 768 g/mol. The van der Waals surface area contributed by atoms with E-state index in [1.807, 2.05) is 75.5 Å². The second kappa shape index (κ2) is 15.6. The first-order valence-corrected chi connectivity index (χ1v) is 19.6. The Morgan fingerprint density at radius 1 is 0.944 bits per heavy atom. The highest BCUT2D eigenvalue weighted by molar-refractivity contribution is 7.85. The molecule has 0 bridgehead atoms. The first kappa shape index (κ1) is 37.0. The largest absolute Gasteiger partial charge is 0.492 e. The molecular weight excluding hydrogens is 729 g/mol. The molecule has 4 heterocycles. The van der Waals surface area contributed by atoms with Gasteiger partial charge >= 0.3 is 6.03 Å². The van der Waals surface area contributed by atoms with E-state index in [0.717, 1.165) is 75.8 Å². The van der Waals surface area contributed by atoms with Gasteiger partial charge in [0.2, 0.25) is 0 Å². The number of hydrogen-bond donors (Lipinski definition) is 3. The summed E-state index contributed by atoms with van der Waals surface area (Å²) in [5.41, 5.74) is 3.40. The lowest BCUT2D eigenvalue weighted by molar-refractivity contribution is 0.0322.